The van der Waals surface area contributed by atoms with Crippen LogP contribution in [-0.4, -0.2) is 18.0 Å². The maximum atomic E-state index is 11.0. The van der Waals surface area contributed by atoms with Crippen molar-refractivity contribution in [1.29, 1.82) is 0 Å². The Hall–Kier alpha value is -0.570. The number of nitrogens with one attached hydrogen (secondary N) is 1. The molecule has 1 saturated carbocycles. The van der Waals surface area contributed by atoms with Crippen LogP contribution in [0.3, 0.4) is 0 Å². The minimum Gasteiger partial charge on any atom is -0.370 e. The Morgan fingerprint density at radius 1 is 1.53 bits per heavy atom. The first-order chi connectivity index (χ1) is 7.06. The van der Waals surface area contributed by atoms with Crippen molar-refractivity contribution in [3.05, 3.63) is 0 Å². The number of rotatable bonds is 7. The van der Waals surface area contributed by atoms with Crippen LogP contribution in [-0.2, 0) is 4.79 Å². The van der Waals surface area contributed by atoms with Crippen molar-refractivity contribution in [3.8, 4) is 0 Å². The molecule has 1 fully saturated rings. The van der Waals surface area contributed by atoms with Crippen LogP contribution < -0.4 is 11.1 Å². The Balaban J connectivity index is 2.44. The van der Waals surface area contributed by atoms with Gasteiger partial charge in [0.25, 0.3) is 0 Å². The van der Waals surface area contributed by atoms with Gasteiger partial charge in [0.2, 0.25) is 5.91 Å². The molecule has 0 aromatic carbocycles. The molecular formula is C12H24N2O. The first-order valence-electron chi connectivity index (χ1n) is 6.09. The average Bonchev–Trinajstić information content (AvgIpc) is 2.07. The number of primary amides is 1. The van der Waals surface area contributed by atoms with Gasteiger partial charge in [-0.1, -0.05) is 26.2 Å². The lowest BCUT2D eigenvalue weighted by Gasteiger charge is -2.37. The molecule has 0 heterocycles. The molecule has 3 N–H and O–H groups in total. The van der Waals surface area contributed by atoms with E-state index >= 15 is 0 Å². The van der Waals surface area contributed by atoms with Gasteiger partial charge < -0.3 is 11.1 Å². The third-order valence-corrected chi connectivity index (χ3v) is 3.33. The van der Waals surface area contributed by atoms with E-state index in [0.717, 1.165) is 25.3 Å². The fourth-order valence-electron chi connectivity index (χ4n) is 2.35. The SMILES string of the molecule is CCCNC(C)(CC(N)=O)CC1CCC1. The summed E-state index contributed by atoms with van der Waals surface area (Å²) in [6.07, 6.45) is 6.65. The van der Waals surface area contributed by atoms with Gasteiger partial charge in [0.1, 0.15) is 0 Å². The summed E-state index contributed by atoms with van der Waals surface area (Å²) in [6, 6.07) is 0. The lowest BCUT2D eigenvalue weighted by atomic mass is 9.75. The Morgan fingerprint density at radius 3 is 2.60 bits per heavy atom. The molecule has 1 aliphatic carbocycles. The molecule has 0 saturated heterocycles. The molecule has 0 spiro atoms. The zero-order valence-corrected chi connectivity index (χ0v) is 10.0. The van der Waals surface area contributed by atoms with Crippen molar-refractivity contribution >= 4 is 5.91 Å². The quantitative estimate of drug-likeness (QED) is 0.676. The summed E-state index contributed by atoms with van der Waals surface area (Å²) < 4.78 is 0. The second-order valence-corrected chi connectivity index (χ2v) is 5.13. The molecule has 0 bridgehead atoms. The number of hydrogen-bond acceptors (Lipinski definition) is 2. The number of carbonyl (C=O) groups is 1. The molecule has 88 valence electrons. The van der Waals surface area contributed by atoms with E-state index in [2.05, 4.69) is 19.2 Å². The van der Waals surface area contributed by atoms with Gasteiger partial charge in [0.15, 0.2) is 0 Å². The van der Waals surface area contributed by atoms with E-state index in [-0.39, 0.29) is 11.4 Å². The van der Waals surface area contributed by atoms with Gasteiger partial charge in [-0.05, 0) is 32.2 Å². The zero-order chi connectivity index (χ0) is 11.3. The molecule has 1 rings (SSSR count). The van der Waals surface area contributed by atoms with Gasteiger partial charge >= 0.3 is 0 Å². The highest BCUT2D eigenvalue weighted by atomic mass is 16.1. The van der Waals surface area contributed by atoms with E-state index in [9.17, 15) is 4.79 Å². The minimum atomic E-state index is -0.194. The second-order valence-electron chi connectivity index (χ2n) is 5.13. The van der Waals surface area contributed by atoms with Crippen molar-refractivity contribution in [2.75, 3.05) is 6.54 Å². The molecule has 1 amide bonds. The van der Waals surface area contributed by atoms with Crippen LogP contribution in [0.2, 0.25) is 0 Å². The first-order valence-corrected chi connectivity index (χ1v) is 6.09. The number of amides is 1. The topological polar surface area (TPSA) is 55.1 Å². The van der Waals surface area contributed by atoms with Crippen LogP contribution in [0.25, 0.3) is 0 Å². The third-order valence-electron chi connectivity index (χ3n) is 3.33. The molecule has 0 radical (unpaired) electrons. The predicted octanol–water partition coefficient (Wildman–Crippen LogP) is 1.81. The van der Waals surface area contributed by atoms with Crippen molar-refractivity contribution in [2.24, 2.45) is 11.7 Å². The van der Waals surface area contributed by atoms with Crippen molar-refractivity contribution < 1.29 is 4.79 Å². The van der Waals surface area contributed by atoms with E-state index < -0.39 is 0 Å². The standard InChI is InChI=1S/C12H24N2O/c1-3-7-14-12(2,9-11(13)15)8-10-5-4-6-10/h10,14H,3-9H2,1-2H3,(H2,13,15). The highest BCUT2D eigenvalue weighted by Crippen LogP contribution is 2.34. The molecule has 3 heteroatoms. The Bertz CT molecular complexity index is 214. The van der Waals surface area contributed by atoms with E-state index in [1.807, 2.05) is 0 Å². The molecule has 0 aliphatic heterocycles. The third kappa shape index (κ3) is 4.20. The van der Waals surface area contributed by atoms with Crippen molar-refractivity contribution in [1.82, 2.24) is 5.32 Å². The summed E-state index contributed by atoms with van der Waals surface area (Å²) in [5, 5.41) is 3.48. The zero-order valence-electron chi connectivity index (χ0n) is 10.0. The summed E-state index contributed by atoms with van der Waals surface area (Å²) in [7, 11) is 0. The Labute approximate surface area is 92.8 Å². The van der Waals surface area contributed by atoms with E-state index in [0.29, 0.717) is 6.42 Å². The van der Waals surface area contributed by atoms with E-state index in [4.69, 9.17) is 5.73 Å². The maximum absolute atomic E-state index is 11.0. The van der Waals surface area contributed by atoms with Crippen LogP contribution >= 0.6 is 0 Å². The summed E-state index contributed by atoms with van der Waals surface area (Å²) in [5.41, 5.74) is 5.23. The van der Waals surface area contributed by atoms with Crippen molar-refractivity contribution in [2.45, 2.75) is 57.9 Å². The molecular weight excluding hydrogens is 188 g/mol. The van der Waals surface area contributed by atoms with Gasteiger partial charge in [-0.15, -0.1) is 0 Å². The highest BCUT2D eigenvalue weighted by Gasteiger charge is 2.31. The second kappa shape index (κ2) is 5.50. The molecule has 0 aromatic rings. The minimum absolute atomic E-state index is 0.0765. The number of carbonyl (C=O) groups excluding carboxylic acids is 1. The Kier molecular flexibility index (Phi) is 4.58. The number of nitrogens with two attached hydrogens (primary N) is 1. The largest absolute Gasteiger partial charge is 0.370 e. The van der Waals surface area contributed by atoms with E-state index in [1.54, 1.807) is 0 Å². The normalized spacial score (nSPS) is 20.7. The number of hydrogen-bond donors (Lipinski definition) is 2. The summed E-state index contributed by atoms with van der Waals surface area (Å²) in [6.45, 7) is 5.24. The summed E-state index contributed by atoms with van der Waals surface area (Å²) in [5.74, 6) is 0.610. The van der Waals surface area contributed by atoms with Crippen LogP contribution in [0.1, 0.15) is 52.4 Å². The van der Waals surface area contributed by atoms with Gasteiger partial charge in [-0.3, -0.25) is 4.79 Å². The molecule has 1 unspecified atom stereocenters. The molecule has 0 aromatic heterocycles. The average molecular weight is 212 g/mol. The monoisotopic (exact) mass is 212 g/mol. The lowest BCUT2D eigenvalue weighted by Crippen LogP contribution is -2.47. The molecule has 1 aliphatic rings. The molecule has 3 nitrogen and oxygen atoms in total. The predicted molar refractivity (Wildman–Crippen MR) is 62.5 cm³/mol. The van der Waals surface area contributed by atoms with Gasteiger partial charge in [0, 0.05) is 12.0 Å². The van der Waals surface area contributed by atoms with Crippen LogP contribution in [0.5, 0.6) is 0 Å². The first kappa shape index (κ1) is 12.5. The van der Waals surface area contributed by atoms with Crippen LogP contribution in [0.4, 0.5) is 0 Å². The van der Waals surface area contributed by atoms with Gasteiger partial charge in [-0.25, -0.2) is 0 Å². The van der Waals surface area contributed by atoms with Crippen LogP contribution in [0.15, 0.2) is 0 Å². The van der Waals surface area contributed by atoms with E-state index in [1.165, 1.54) is 19.3 Å². The lowest BCUT2D eigenvalue weighted by molar-refractivity contribution is -0.119. The Morgan fingerprint density at radius 2 is 2.20 bits per heavy atom. The maximum Gasteiger partial charge on any atom is 0.219 e. The fraction of sp³-hybridized carbons (Fsp3) is 0.917. The molecule has 1 atom stereocenters. The molecule has 15 heavy (non-hydrogen) atoms. The van der Waals surface area contributed by atoms with Crippen molar-refractivity contribution in [3.63, 3.8) is 0 Å². The fourth-order valence-corrected chi connectivity index (χ4v) is 2.35. The van der Waals surface area contributed by atoms with Crippen LogP contribution in [0, 0.1) is 5.92 Å². The van der Waals surface area contributed by atoms with Gasteiger partial charge in [-0.2, -0.15) is 0 Å². The van der Waals surface area contributed by atoms with Gasteiger partial charge in [0.05, 0.1) is 0 Å². The smallest absolute Gasteiger partial charge is 0.219 e. The highest BCUT2D eigenvalue weighted by molar-refractivity contribution is 5.75. The summed E-state index contributed by atoms with van der Waals surface area (Å²) >= 11 is 0. The summed E-state index contributed by atoms with van der Waals surface area (Å²) in [4.78, 5) is 11.0.